The lowest BCUT2D eigenvalue weighted by Crippen LogP contribution is -2.16. The van der Waals surface area contributed by atoms with Crippen LogP contribution >= 0.6 is 27.7 Å². The van der Waals surface area contributed by atoms with Gasteiger partial charge in [0.1, 0.15) is 15.9 Å². The predicted molar refractivity (Wildman–Crippen MR) is 79.4 cm³/mol. The Bertz CT molecular complexity index is 914. The number of hydrogen-bond acceptors (Lipinski definition) is 6. The number of nitrogens with zero attached hydrogens (tertiary/aromatic N) is 4. The highest BCUT2D eigenvalue weighted by Crippen LogP contribution is 2.27. The van der Waals surface area contributed by atoms with Crippen LogP contribution in [-0.4, -0.2) is 26.4 Å². The van der Waals surface area contributed by atoms with Crippen LogP contribution in [0.1, 0.15) is 11.4 Å². The molecule has 2 aromatic heterocycles. The number of benzene rings is 1. The minimum Gasteiger partial charge on any atom is -0.199 e. The van der Waals surface area contributed by atoms with Crippen LogP contribution in [-0.2, 0) is 10.0 Å². The number of halogens is 1. The van der Waals surface area contributed by atoms with Crippen LogP contribution in [0.4, 0.5) is 0 Å². The van der Waals surface area contributed by atoms with Crippen LogP contribution in [0.15, 0.2) is 27.6 Å². The quantitative estimate of drug-likeness (QED) is 0.690. The van der Waals surface area contributed by atoms with Gasteiger partial charge in [0.15, 0.2) is 0 Å². The molecule has 0 fully saturated rings. The molecule has 0 radical (unpaired) electrons. The van der Waals surface area contributed by atoms with Gasteiger partial charge in [-0.1, -0.05) is 6.07 Å². The molecule has 9 heteroatoms. The van der Waals surface area contributed by atoms with Crippen molar-refractivity contribution < 1.29 is 8.42 Å². The van der Waals surface area contributed by atoms with E-state index in [0.29, 0.717) is 26.9 Å². The van der Waals surface area contributed by atoms with Crippen molar-refractivity contribution in [2.24, 2.45) is 0 Å². The summed E-state index contributed by atoms with van der Waals surface area (Å²) in [6.07, 6.45) is 0. The van der Waals surface area contributed by atoms with Crippen molar-refractivity contribution in [3.63, 3.8) is 0 Å². The molecule has 0 aliphatic heterocycles. The third-order valence-corrected chi connectivity index (χ3v) is 6.30. The lowest BCUT2D eigenvalue weighted by atomic mass is 10.3. The van der Waals surface area contributed by atoms with Gasteiger partial charge >= 0.3 is 0 Å². The lowest BCUT2D eigenvalue weighted by molar-refractivity contribution is 0.578. The lowest BCUT2D eigenvalue weighted by Gasteiger charge is -2.06. The molecule has 3 aromatic rings. The van der Waals surface area contributed by atoms with Gasteiger partial charge in [-0.15, -0.1) is 0 Å². The highest BCUT2D eigenvalue weighted by molar-refractivity contribution is 9.10. The third-order valence-electron chi connectivity index (χ3n) is 2.92. The van der Waals surface area contributed by atoms with Gasteiger partial charge in [-0.3, -0.25) is 0 Å². The monoisotopic (exact) mass is 372 g/mol. The average molecular weight is 373 g/mol. The summed E-state index contributed by atoms with van der Waals surface area (Å²) in [6.45, 7) is 3.44. The molecule has 0 aliphatic rings. The molecule has 2 heterocycles. The Kier molecular flexibility index (Phi) is 3.14. The number of hydrogen-bond donors (Lipinski definition) is 0. The van der Waals surface area contributed by atoms with E-state index in [9.17, 15) is 8.42 Å². The topological polar surface area (TPSA) is 77.7 Å². The van der Waals surface area contributed by atoms with Crippen LogP contribution in [0.25, 0.3) is 11.0 Å². The number of fused-ring (bicyclic) bond motifs is 1. The van der Waals surface area contributed by atoms with E-state index in [1.807, 2.05) is 0 Å². The Morgan fingerprint density at radius 3 is 2.65 bits per heavy atom. The smallest absolute Gasteiger partial charge is 0.199 e. The molecule has 3 rings (SSSR count). The first-order valence-electron chi connectivity index (χ1n) is 5.61. The standard InChI is InChI=1S/C11H9BrN4O2S2/c1-6-10(12)7(2)16(13-6)20(17,18)9-5-3-4-8-11(9)15-19-14-8/h3-5H,1-2H3. The Morgan fingerprint density at radius 1 is 1.25 bits per heavy atom. The van der Waals surface area contributed by atoms with E-state index in [1.165, 1.54) is 6.07 Å². The fourth-order valence-corrected chi connectivity index (χ4v) is 4.40. The molecule has 0 amide bonds. The predicted octanol–water partition coefficient (Wildman–Crippen LogP) is 2.50. The summed E-state index contributed by atoms with van der Waals surface area (Å²) in [5.41, 5.74) is 2.09. The molecular weight excluding hydrogens is 364 g/mol. The van der Waals surface area contributed by atoms with E-state index in [4.69, 9.17) is 0 Å². The molecule has 20 heavy (non-hydrogen) atoms. The second-order valence-corrected chi connectivity index (χ2v) is 7.28. The Balaban J connectivity index is 2.32. The number of aryl methyl sites for hydroxylation is 1. The second kappa shape index (κ2) is 4.61. The SMILES string of the molecule is Cc1nn(S(=O)(=O)c2cccc3nsnc23)c(C)c1Br. The minimum atomic E-state index is -3.79. The maximum atomic E-state index is 12.7. The Morgan fingerprint density at radius 2 is 2.00 bits per heavy atom. The van der Waals surface area contributed by atoms with Crippen LogP contribution in [0, 0.1) is 13.8 Å². The van der Waals surface area contributed by atoms with Crippen molar-refractivity contribution >= 4 is 48.7 Å². The van der Waals surface area contributed by atoms with Gasteiger partial charge in [-0.2, -0.15) is 26.4 Å². The van der Waals surface area contributed by atoms with Crippen molar-refractivity contribution in [2.45, 2.75) is 18.7 Å². The number of aromatic nitrogens is 4. The molecular formula is C11H9BrN4O2S2. The Hall–Kier alpha value is -1.32. The van der Waals surface area contributed by atoms with E-state index in [1.54, 1.807) is 26.0 Å². The van der Waals surface area contributed by atoms with E-state index >= 15 is 0 Å². The first-order valence-corrected chi connectivity index (χ1v) is 8.58. The van der Waals surface area contributed by atoms with Gasteiger partial charge in [-0.05, 0) is 41.9 Å². The summed E-state index contributed by atoms with van der Waals surface area (Å²) in [4.78, 5) is 0.113. The summed E-state index contributed by atoms with van der Waals surface area (Å²) >= 11 is 4.32. The van der Waals surface area contributed by atoms with Crippen molar-refractivity contribution in [1.82, 2.24) is 17.9 Å². The molecule has 0 bridgehead atoms. The molecule has 1 aromatic carbocycles. The summed E-state index contributed by atoms with van der Waals surface area (Å²) < 4.78 is 35.3. The normalized spacial score (nSPS) is 12.2. The zero-order chi connectivity index (χ0) is 14.5. The van der Waals surface area contributed by atoms with Crippen LogP contribution < -0.4 is 0 Å². The van der Waals surface area contributed by atoms with Gasteiger partial charge in [0, 0.05) is 0 Å². The highest BCUT2D eigenvalue weighted by Gasteiger charge is 2.26. The summed E-state index contributed by atoms with van der Waals surface area (Å²) in [7, 11) is -3.79. The zero-order valence-corrected chi connectivity index (χ0v) is 13.8. The van der Waals surface area contributed by atoms with Gasteiger partial charge < -0.3 is 0 Å². The molecule has 104 valence electrons. The Labute approximate surface area is 127 Å². The second-order valence-electron chi connectivity index (χ2n) is 4.22. The fraction of sp³-hybridized carbons (Fsp3) is 0.182. The van der Waals surface area contributed by atoms with Crippen LogP contribution in [0.5, 0.6) is 0 Å². The molecule has 0 spiro atoms. The van der Waals surface area contributed by atoms with Gasteiger partial charge in [0.2, 0.25) is 0 Å². The molecule has 0 N–H and O–H groups in total. The molecule has 0 saturated heterocycles. The van der Waals surface area contributed by atoms with Crippen molar-refractivity contribution in [3.05, 3.63) is 34.1 Å². The first-order chi connectivity index (χ1) is 9.43. The number of rotatable bonds is 2. The van der Waals surface area contributed by atoms with Gasteiger partial charge in [0.25, 0.3) is 10.0 Å². The molecule has 0 aliphatic carbocycles. The summed E-state index contributed by atoms with van der Waals surface area (Å²) in [5.74, 6) is 0. The molecule has 0 unspecified atom stereocenters. The van der Waals surface area contributed by atoms with Crippen LogP contribution in [0.2, 0.25) is 0 Å². The average Bonchev–Trinajstić information content (AvgIpc) is 2.99. The van der Waals surface area contributed by atoms with Gasteiger partial charge in [0.05, 0.1) is 27.6 Å². The van der Waals surface area contributed by atoms with Crippen molar-refractivity contribution in [2.75, 3.05) is 0 Å². The van der Waals surface area contributed by atoms with E-state index in [2.05, 4.69) is 29.8 Å². The van der Waals surface area contributed by atoms with E-state index in [0.717, 1.165) is 15.8 Å². The highest BCUT2D eigenvalue weighted by atomic mass is 79.9. The van der Waals surface area contributed by atoms with E-state index in [-0.39, 0.29) is 4.90 Å². The maximum Gasteiger partial charge on any atom is 0.285 e. The molecule has 0 saturated carbocycles. The first kappa shape index (κ1) is 13.7. The summed E-state index contributed by atoms with van der Waals surface area (Å²) in [6, 6.07) is 4.90. The third kappa shape index (κ3) is 1.88. The molecule has 0 atom stereocenters. The fourth-order valence-electron chi connectivity index (χ4n) is 1.92. The van der Waals surface area contributed by atoms with E-state index < -0.39 is 10.0 Å². The minimum absolute atomic E-state index is 0.113. The van der Waals surface area contributed by atoms with Gasteiger partial charge in [-0.25, -0.2) is 0 Å². The zero-order valence-electron chi connectivity index (χ0n) is 10.5. The largest absolute Gasteiger partial charge is 0.285 e. The summed E-state index contributed by atoms with van der Waals surface area (Å²) in [5, 5.41) is 4.09. The molecule has 6 nitrogen and oxygen atoms in total. The van der Waals surface area contributed by atoms with Crippen molar-refractivity contribution in [3.8, 4) is 0 Å². The van der Waals surface area contributed by atoms with Crippen LogP contribution in [0.3, 0.4) is 0 Å². The van der Waals surface area contributed by atoms with Crippen molar-refractivity contribution in [1.29, 1.82) is 0 Å². The maximum absolute atomic E-state index is 12.7.